The minimum Gasteiger partial charge on any atom is -0.475 e. The second-order valence-corrected chi connectivity index (χ2v) is 10.4. The standard InChI is InChI=1S/C29H29F3N6O3/c1-16-4-2-7-19(14-16)27-37-25-23(38(27)15-17-8-10-20(11-9-17)29(30,31)32)24(35-26(36-25)28(40)41)34-21(12-13-22(33)39)18-5-3-6-18/h2,4,7-11,14,18,21H,3,5-6,12-13,15H2,1H3,(H2,33,39)(H,40,41)(H,34,35,36)/t21-/m1/s1. The highest BCUT2D eigenvalue weighted by Gasteiger charge is 2.31. The van der Waals surface area contributed by atoms with Gasteiger partial charge in [0.1, 0.15) is 11.3 Å². The highest BCUT2D eigenvalue weighted by molar-refractivity contribution is 5.92. The van der Waals surface area contributed by atoms with E-state index in [4.69, 9.17) is 10.7 Å². The smallest absolute Gasteiger partial charge is 0.416 e. The number of nitrogens with zero attached hydrogens (tertiary/aromatic N) is 4. The Hall–Kier alpha value is -4.48. The lowest BCUT2D eigenvalue weighted by Crippen LogP contribution is -2.35. The molecule has 41 heavy (non-hydrogen) atoms. The van der Waals surface area contributed by atoms with Crippen molar-refractivity contribution in [3.8, 4) is 11.4 Å². The van der Waals surface area contributed by atoms with Gasteiger partial charge in [-0.25, -0.2) is 19.7 Å². The van der Waals surface area contributed by atoms with Crippen LogP contribution in [0, 0.1) is 12.8 Å². The van der Waals surface area contributed by atoms with E-state index >= 15 is 0 Å². The Morgan fingerprint density at radius 1 is 1.12 bits per heavy atom. The SMILES string of the molecule is Cc1cccc(-c2nc3nc(C(=O)O)nc(N[C@H](CCC(N)=O)C4CCC4)c3n2Cc2ccc(C(F)(F)F)cc2)c1. The van der Waals surface area contributed by atoms with E-state index in [1.165, 1.54) is 12.1 Å². The number of aromatic nitrogens is 4. The number of aryl methyl sites for hydroxylation is 1. The number of amides is 1. The van der Waals surface area contributed by atoms with Gasteiger partial charge in [-0.15, -0.1) is 0 Å². The lowest BCUT2D eigenvalue weighted by Gasteiger charge is -2.34. The van der Waals surface area contributed by atoms with E-state index in [-0.39, 0.29) is 36.4 Å². The van der Waals surface area contributed by atoms with Gasteiger partial charge < -0.3 is 20.7 Å². The molecule has 0 spiro atoms. The number of alkyl halides is 3. The van der Waals surface area contributed by atoms with Crippen LogP contribution in [-0.4, -0.2) is 42.5 Å². The number of fused-ring (bicyclic) bond motifs is 1. The molecule has 1 aliphatic carbocycles. The van der Waals surface area contributed by atoms with Gasteiger partial charge >= 0.3 is 12.1 Å². The number of anilines is 1. The Balaban J connectivity index is 1.67. The molecule has 0 saturated heterocycles. The number of carbonyl (C=O) groups excluding carboxylic acids is 1. The first kappa shape index (κ1) is 28.1. The quantitative estimate of drug-likeness (QED) is 0.233. The van der Waals surface area contributed by atoms with Crippen LogP contribution < -0.4 is 11.1 Å². The van der Waals surface area contributed by atoms with Crippen LogP contribution in [-0.2, 0) is 17.5 Å². The maximum Gasteiger partial charge on any atom is 0.416 e. The molecule has 5 rings (SSSR count). The molecule has 4 aromatic rings. The van der Waals surface area contributed by atoms with Crippen LogP contribution in [0.25, 0.3) is 22.6 Å². The molecule has 1 aliphatic rings. The number of nitrogens with two attached hydrogens (primary N) is 1. The molecule has 0 radical (unpaired) electrons. The van der Waals surface area contributed by atoms with Crippen LogP contribution in [0.15, 0.2) is 48.5 Å². The average Bonchev–Trinajstić information content (AvgIpc) is 3.24. The van der Waals surface area contributed by atoms with E-state index in [2.05, 4.69) is 15.3 Å². The molecule has 1 amide bonds. The summed E-state index contributed by atoms with van der Waals surface area (Å²) in [6.45, 7) is 2.04. The number of benzene rings is 2. The molecule has 0 bridgehead atoms. The second kappa shape index (κ2) is 11.2. The number of hydrogen-bond donors (Lipinski definition) is 3. The van der Waals surface area contributed by atoms with Crippen LogP contribution in [0.3, 0.4) is 0 Å². The first-order chi connectivity index (χ1) is 19.5. The molecule has 0 unspecified atom stereocenters. The van der Waals surface area contributed by atoms with Crippen molar-refractivity contribution in [2.45, 2.75) is 57.8 Å². The molecule has 12 heteroatoms. The van der Waals surface area contributed by atoms with Crippen molar-refractivity contribution in [1.29, 1.82) is 0 Å². The normalized spacial score (nSPS) is 14.5. The summed E-state index contributed by atoms with van der Waals surface area (Å²) in [5, 5.41) is 13.1. The zero-order valence-electron chi connectivity index (χ0n) is 22.3. The first-order valence-corrected chi connectivity index (χ1v) is 13.3. The van der Waals surface area contributed by atoms with E-state index in [1.807, 2.05) is 31.2 Å². The summed E-state index contributed by atoms with van der Waals surface area (Å²) < 4.78 is 41.4. The maximum atomic E-state index is 13.2. The lowest BCUT2D eigenvalue weighted by molar-refractivity contribution is -0.137. The molecular weight excluding hydrogens is 537 g/mol. The van der Waals surface area contributed by atoms with Crippen molar-refractivity contribution >= 4 is 28.9 Å². The number of imidazole rings is 1. The highest BCUT2D eigenvalue weighted by Crippen LogP contribution is 2.36. The molecule has 0 aliphatic heterocycles. The van der Waals surface area contributed by atoms with Gasteiger partial charge in [0.15, 0.2) is 11.5 Å². The number of carboxylic acids is 1. The Labute approximate surface area is 233 Å². The predicted octanol–water partition coefficient (Wildman–Crippen LogP) is 5.41. The molecular formula is C29H29F3N6O3. The average molecular weight is 567 g/mol. The summed E-state index contributed by atoms with van der Waals surface area (Å²) in [5.41, 5.74) is 7.46. The minimum absolute atomic E-state index is 0.123. The van der Waals surface area contributed by atoms with Crippen molar-refractivity contribution in [3.63, 3.8) is 0 Å². The monoisotopic (exact) mass is 566 g/mol. The zero-order chi connectivity index (χ0) is 29.3. The zero-order valence-corrected chi connectivity index (χ0v) is 22.3. The molecule has 1 saturated carbocycles. The number of hydrogen-bond acceptors (Lipinski definition) is 6. The number of primary amides is 1. The van der Waals surface area contributed by atoms with Gasteiger partial charge in [0.05, 0.1) is 5.56 Å². The van der Waals surface area contributed by atoms with Crippen LogP contribution in [0.2, 0.25) is 0 Å². The predicted molar refractivity (Wildman–Crippen MR) is 146 cm³/mol. The largest absolute Gasteiger partial charge is 0.475 e. The molecule has 9 nitrogen and oxygen atoms in total. The van der Waals surface area contributed by atoms with Crippen molar-refractivity contribution < 1.29 is 27.9 Å². The number of nitrogens with one attached hydrogen (secondary N) is 1. The van der Waals surface area contributed by atoms with Gasteiger partial charge in [0.25, 0.3) is 0 Å². The Morgan fingerprint density at radius 3 is 2.44 bits per heavy atom. The highest BCUT2D eigenvalue weighted by atomic mass is 19.4. The topological polar surface area (TPSA) is 136 Å². The summed E-state index contributed by atoms with van der Waals surface area (Å²) in [6, 6.07) is 12.2. The summed E-state index contributed by atoms with van der Waals surface area (Å²) in [5.74, 6) is -1.29. The number of aromatic carboxylic acids is 1. The molecule has 2 heterocycles. The molecule has 4 N–H and O–H groups in total. The van der Waals surface area contributed by atoms with E-state index in [9.17, 15) is 27.9 Å². The van der Waals surface area contributed by atoms with Gasteiger partial charge in [-0.2, -0.15) is 13.2 Å². The third-order valence-electron chi connectivity index (χ3n) is 7.44. The number of halogens is 3. The van der Waals surface area contributed by atoms with Gasteiger partial charge in [-0.3, -0.25) is 4.79 Å². The number of rotatable bonds is 10. The van der Waals surface area contributed by atoms with Crippen LogP contribution in [0.5, 0.6) is 0 Å². The fourth-order valence-corrected chi connectivity index (χ4v) is 5.11. The summed E-state index contributed by atoms with van der Waals surface area (Å²) in [4.78, 5) is 36.8. The van der Waals surface area contributed by atoms with Crippen molar-refractivity contribution in [1.82, 2.24) is 19.5 Å². The Bertz CT molecular complexity index is 1600. The van der Waals surface area contributed by atoms with Gasteiger partial charge in [-0.05, 0) is 55.9 Å². The van der Waals surface area contributed by atoms with E-state index in [1.54, 1.807) is 4.57 Å². The van der Waals surface area contributed by atoms with Crippen molar-refractivity contribution in [2.24, 2.45) is 11.7 Å². The third kappa shape index (κ3) is 6.16. The summed E-state index contributed by atoms with van der Waals surface area (Å²) in [6.07, 6.45) is -0.959. The Kier molecular flexibility index (Phi) is 7.65. The lowest BCUT2D eigenvalue weighted by atomic mass is 9.78. The van der Waals surface area contributed by atoms with Crippen LogP contribution >= 0.6 is 0 Å². The number of carboxylic acid groups (broad SMARTS) is 1. The molecule has 2 aromatic heterocycles. The summed E-state index contributed by atoms with van der Waals surface area (Å²) >= 11 is 0. The first-order valence-electron chi connectivity index (χ1n) is 13.3. The van der Waals surface area contributed by atoms with E-state index in [0.29, 0.717) is 23.3 Å². The van der Waals surface area contributed by atoms with E-state index < -0.39 is 29.4 Å². The maximum absolute atomic E-state index is 13.2. The fourth-order valence-electron chi connectivity index (χ4n) is 5.11. The van der Waals surface area contributed by atoms with Gasteiger partial charge in [0.2, 0.25) is 11.7 Å². The van der Waals surface area contributed by atoms with Crippen LogP contribution in [0.4, 0.5) is 19.0 Å². The Morgan fingerprint density at radius 2 is 1.85 bits per heavy atom. The molecule has 1 fully saturated rings. The van der Waals surface area contributed by atoms with Gasteiger partial charge in [0, 0.05) is 24.6 Å². The number of carbonyl (C=O) groups is 2. The summed E-state index contributed by atoms with van der Waals surface area (Å²) in [7, 11) is 0. The minimum atomic E-state index is -4.47. The third-order valence-corrected chi connectivity index (χ3v) is 7.44. The van der Waals surface area contributed by atoms with Crippen molar-refractivity contribution in [3.05, 3.63) is 71.0 Å². The van der Waals surface area contributed by atoms with Crippen molar-refractivity contribution in [2.75, 3.05) is 5.32 Å². The second-order valence-electron chi connectivity index (χ2n) is 10.4. The van der Waals surface area contributed by atoms with Gasteiger partial charge in [-0.1, -0.05) is 42.3 Å². The molecule has 214 valence electrons. The van der Waals surface area contributed by atoms with Crippen LogP contribution in [0.1, 0.15) is 59.4 Å². The fraction of sp³-hybridized carbons (Fsp3) is 0.345. The molecule has 1 atom stereocenters. The molecule has 2 aromatic carbocycles. The van der Waals surface area contributed by atoms with E-state index in [0.717, 1.165) is 42.5 Å².